The van der Waals surface area contributed by atoms with Gasteiger partial charge in [-0.2, -0.15) is 5.10 Å². The summed E-state index contributed by atoms with van der Waals surface area (Å²) >= 11 is 0. The molecule has 30 heavy (non-hydrogen) atoms. The molecule has 6 heteroatoms. The van der Waals surface area contributed by atoms with E-state index in [0.29, 0.717) is 23.9 Å². The number of carbonyl (C=O) groups excluding carboxylic acids is 1. The van der Waals surface area contributed by atoms with Gasteiger partial charge in [0.2, 0.25) is 5.91 Å². The Bertz CT molecular complexity index is 1040. The quantitative estimate of drug-likeness (QED) is 0.552. The van der Waals surface area contributed by atoms with Crippen molar-refractivity contribution in [2.75, 3.05) is 12.4 Å². The van der Waals surface area contributed by atoms with Gasteiger partial charge in [-0.15, -0.1) is 0 Å². The fraction of sp³-hybridized carbons (Fsp3) is 0.250. The fourth-order valence-electron chi connectivity index (χ4n) is 3.03. The highest BCUT2D eigenvalue weighted by Crippen LogP contribution is 2.29. The predicted molar refractivity (Wildman–Crippen MR) is 119 cm³/mol. The van der Waals surface area contributed by atoms with Gasteiger partial charge in [-0.1, -0.05) is 35.9 Å². The highest BCUT2D eigenvalue weighted by Gasteiger charge is 2.08. The summed E-state index contributed by atoms with van der Waals surface area (Å²) in [6.07, 6.45) is 4.95. The number of methoxy groups -OCH3 is 1. The molecule has 0 aliphatic rings. The Morgan fingerprint density at radius 1 is 1.17 bits per heavy atom. The van der Waals surface area contributed by atoms with Crippen LogP contribution in [0.2, 0.25) is 0 Å². The van der Waals surface area contributed by atoms with E-state index in [1.807, 2.05) is 44.2 Å². The molecule has 0 atom stereocenters. The molecule has 2 aromatic carbocycles. The number of benzene rings is 2. The Balaban J connectivity index is 1.66. The van der Waals surface area contributed by atoms with Gasteiger partial charge in [0.25, 0.3) is 0 Å². The lowest BCUT2D eigenvalue weighted by Crippen LogP contribution is -2.13. The van der Waals surface area contributed by atoms with E-state index in [2.05, 4.69) is 29.5 Å². The summed E-state index contributed by atoms with van der Waals surface area (Å²) in [6.45, 7) is 6.56. The third kappa shape index (κ3) is 5.73. The number of hydrogen-bond donors (Lipinski definition) is 1. The molecular formula is C24H27N3O3. The molecule has 156 valence electrons. The molecule has 0 bridgehead atoms. The summed E-state index contributed by atoms with van der Waals surface area (Å²) in [5, 5.41) is 7.20. The minimum absolute atomic E-state index is 0.0516. The predicted octanol–water partition coefficient (Wildman–Crippen LogP) is 4.69. The van der Waals surface area contributed by atoms with E-state index in [-0.39, 0.29) is 12.0 Å². The van der Waals surface area contributed by atoms with Gasteiger partial charge < -0.3 is 14.8 Å². The normalized spacial score (nSPS) is 11.1. The minimum atomic E-state index is -0.234. The van der Waals surface area contributed by atoms with E-state index in [0.717, 1.165) is 11.1 Å². The van der Waals surface area contributed by atoms with Crippen LogP contribution in [-0.2, 0) is 11.3 Å². The first kappa shape index (κ1) is 21.2. The molecule has 6 nitrogen and oxygen atoms in total. The molecule has 0 unspecified atom stereocenters. The first-order chi connectivity index (χ1) is 14.4. The van der Waals surface area contributed by atoms with Gasteiger partial charge in [0, 0.05) is 12.1 Å². The van der Waals surface area contributed by atoms with E-state index in [9.17, 15) is 4.79 Å². The molecule has 0 radical (unpaired) electrons. The van der Waals surface area contributed by atoms with Crippen LogP contribution in [0.25, 0.3) is 6.08 Å². The molecule has 0 spiro atoms. The maximum atomic E-state index is 12.4. The van der Waals surface area contributed by atoms with Crippen LogP contribution in [0.15, 0.2) is 60.8 Å². The largest absolute Gasteiger partial charge is 0.493 e. The molecule has 0 fully saturated rings. The Kier molecular flexibility index (Phi) is 6.91. The number of ether oxygens (including phenoxy) is 2. The topological polar surface area (TPSA) is 65.4 Å². The minimum Gasteiger partial charge on any atom is -0.493 e. The molecule has 0 saturated carbocycles. The van der Waals surface area contributed by atoms with Gasteiger partial charge in [-0.3, -0.25) is 4.79 Å². The van der Waals surface area contributed by atoms with Crippen LogP contribution < -0.4 is 14.8 Å². The number of hydrogen-bond acceptors (Lipinski definition) is 4. The van der Waals surface area contributed by atoms with Gasteiger partial charge in [0.05, 0.1) is 26.0 Å². The van der Waals surface area contributed by atoms with Crippen LogP contribution in [-0.4, -0.2) is 28.9 Å². The smallest absolute Gasteiger partial charge is 0.249 e. The molecule has 1 N–H and O–H groups in total. The van der Waals surface area contributed by atoms with E-state index in [4.69, 9.17) is 9.47 Å². The van der Waals surface area contributed by atoms with E-state index < -0.39 is 0 Å². The van der Waals surface area contributed by atoms with Crippen molar-refractivity contribution in [3.8, 4) is 11.5 Å². The summed E-state index contributed by atoms with van der Waals surface area (Å²) in [6, 6.07) is 15.6. The van der Waals surface area contributed by atoms with E-state index in [1.165, 1.54) is 11.6 Å². The average molecular weight is 405 g/mol. The maximum absolute atomic E-state index is 12.4. The summed E-state index contributed by atoms with van der Waals surface area (Å²) < 4.78 is 12.9. The van der Waals surface area contributed by atoms with Crippen molar-refractivity contribution >= 4 is 17.8 Å². The molecule has 3 rings (SSSR count). The standard InChI is InChI=1S/C24H27N3O3/c1-17(2)30-21-10-8-19(15-22(21)29-4)9-11-24(28)26-23-12-13-25-27(23)16-20-7-5-6-18(3)14-20/h5-15,17H,16H2,1-4H3,(H,26,28)/b11-9-. The van der Waals surface area contributed by atoms with Crippen LogP contribution in [0.4, 0.5) is 5.82 Å². The van der Waals surface area contributed by atoms with Crippen LogP contribution in [0.5, 0.6) is 11.5 Å². The van der Waals surface area contributed by atoms with Crippen molar-refractivity contribution < 1.29 is 14.3 Å². The number of aromatic nitrogens is 2. The summed E-state index contributed by atoms with van der Waals surface area (Å²) in [5.74, 6) is 1.71. The van der Waals surface area contributed by atoms with Crippen molar-refractivity contribution in [3.05, 3.63) is 77.5 Å². The van der Waals surface area contributed by atoms with Crippen molar-refractivity contribution in [2.24, 2.45) is 0 Å². The fourth-order valence-corrected chi connectivity index (χ4v) is 3.03. The number of amides is 1. The third-order valence-electron chi connectivity index (χ3n) is 4.36. The molecule has 1 aromatic heterocycles. The second-order valence-corrected chi connectivity index (χ2v) is 7.26. The van der Waals surface area contributed by atoms with Crippen molar-refractivity contribution in [1.82, 2.24) is 9.78 Å². The van der Waals surface area contributed by atoms with E-state index in [1.54, 1.807) is 30.1 Å². The van der Waals surface area contributed by atoms with E-state index >= 15 is 0 Å². The maximum Gasteiger partial charge on any atom is 0.249 e. The second-order valence-electron chi connectivity index (χ2n) is 7.26. The average Bonchev–Trinajstić information content (AvgIpc) is 3.13. The van der Waals surface area contributed by atoms with Gasteiger partial charge in [-0.05, 0) is 50.1 Å². The zero-order valence-corrected chi connectivity index (χ0v) is 17.8. The lowest BCUT2D eigenvalue weighted by atomic mass is 10.1. The van der Waals surface area contributed by atoms with Crippen LogP contribution in [0, 0.1) is 6.92 Å². The summed E-state index contributed by atoms with van der Waals surface area (Å²) in [7, 11) is 1.60. The van der Waals surface area contributed by atoms with Gasteiger partial charge in [0.15, 0.2) is 11.5 Å². The molecule has 0 aliphatic heterocycles. The van der Waals surface area contributed by atoms with Crippen molar-refractivity contribution in [2.45, 2.75) is 33.4 Å². The first-order valence-electron chi connectivity index (χ1n) is 9.85. The number of nitrogens with zero attached hydrogens (tertiary/aromatic N) is 2. The van der Waals surface area contributed by atoms with Gasteiger partial charge >= 0.3 is 0 Å². The Morgan fingerprint density at radius 2 is 2.00 bits per heavy atom. The highest BCUT2D eigenvalue weighted by molar-refractivity contribution is 6.01. The molecule has 1 amide bonds. The Hall–Kier alpha value is -3.54. The second kappa shape index (κ2) is 9.78. The SMILES string of the molecule is COc1cc(/C=C\C(=O)Nc2ccnn2Cc2cccc(C)c2)ccc1OC(C)C. The summed E-state index contributed by atoms with van der Waals surface area (Å²) in [4.78, 5) is 12.4. The molecule has 0 saturated heterocycles. The zero-order valence-electron chi connectivity index (χ0n) is 17.8. The van der Waals surface area contributed by atoms with Crippen molar-refractivity contribution in [3.63, 3.8) is 0 Å². The number of nitrogens with one attached hydrogen (secondary N) is 1. The van der Waals surface area contributed by atoms with Crippen molar-refractivity contribution in [1.29, 1.82) is 0 Å². The monoisotopic (exact) mass is 405 g/mol. The molecule has 3 aromatic rings. The lowest BCUT2D eigenvalue weighted by molar-refractivity contribution is -0.111. The summed E-state index contributed by atoms with van der Waals surface area (Å²) in [5.41, 5.74) is 3.15. The highest BCUT2D eigenvalue weighted by atomic mass is 16.5. The molecular weight excluding hydrogens is 378 g/mol. The molecule has 1 heterocycles. The Morgan fingerprint density at radius 3 is 2.73 bits per heavy atom. The number of rotatable bonds is 8. The first-order valence-corrected chi connectivity index (χ1v) is 9.85. The zero-order chi connectivity index (χ0) is 21.5. The number of aryl methyl sites for hydroxylation is 1. The number of carbonyl (C=O) groups is 1. The van der Waals surface area contributed by atoms with Gasteiger partial charge in [-0.25, -0.2) is 4.68 Å². The van der Waals surface area contributed by atoms with Gasteiger partial charge in [0.1, 0.15) is 5.82 Å². The van der Waals surface area contributed by atoms with Crippen LogP contribution >= 0.6 is 0 Å². The lowest BCUT2D eigenvalue weighted by Gasteiger charge is -2.13. The third-order valence-corrected chi connectivity index (χ3v) is 4.36. The number of anilines is 1. The van der Waals surface area contributed by atoms with Crippen LogP contribution in [0.1, 0.15) is 30.5 Å². The van der Waals surface area contributed by atoms with Crippen LogP contribution in [0.3, 0.4) is 0 Å². The molecule has 0 aliphatic carbocycles. The Labute approximate surface area is 177 Å².